The summed E-state index contributed by atoms with van der Waals surface area (Å²) in [4.78, 5) is 0. The molecule has 1 rings (SSSR count). The van der Waals surface area contributed by atoms with Crippen LogP contribution in [-0.2, 0) is 11.8 Å². The zero-order valence-corrected chi connectivity index (χ0v) is 10.8. The smallest absolute Gasteiger partial charge is 0.149 e. The minimum Gasteiger partial charge on any atom is -0.383 e. The number of hydrogen-bond acceptors (Lipinski definition) is 4. The van der Waals surface area contributed by atoms with Crippen molar-refractivity contribution >= 4 is 0 Å². The molecular formula is C11H22N4O. The second-order valence-corrected chi connectivity index (χ2v) is 4.49. The van der Waals surface area contributed by atoms with Gasteiger partial charge in [0.15, 0.2) is 0 Å². The highest BCUT2D eigenvalue weighted by molar-refractivity contribution is 4.93. The van der Waals surface area contributed by atoms with E-state index in [1.54, 1.807) is 13.4 Å². The van der Waals surface area contributed by atoms with Gasteiger partial charge in [-0.3, -0.25) is 0 Å². The molecule has 1 heterocycles. The number of methoxy groups -OCH3 is 1. The molecule has 0 aromatic carbocycles. The standard InChI is InChI=1S/C11H22N4O/c1-8(2)10(6-16-5)13-9(3)11-14-12-7-15(11)4/h7-10,13H,6H2,1-5H3. The molecule has 1 aromatic rings. The maximum Gasteiger partial charge on any atom is 0.149 e. The van der Waals surface area contributed by atoms with Gasteiger partial charge in [0.05, 0.1) is 12.6 Å². The first kappa shape index (κ1) is 13.1. The van der Waals surface area contributed by atoms with Crippen LogP contribution in [0.3, 0.4) is 0 Å². The van der Waals surface area contributed by atoms with Gasteiger partial charge in [-0.05, 0) is 12.8 Å². The number of aryl methyl sites for hydroxylation is 1. The van der Waals surface area contributed by atoms with Gasteiger partial charge >= 0.3 is 0 Å². The van der Waals surface area contributed by atoms with Crippen LogP contribution in [0.5, 0.6) is 0 Å². The number of nitrogens with one attached hydrogen (secondary N) is 1. The van der Waals surface area contributed by atoms with Crippen molar-refractivity contribution in [1.82, 2.24) is 20.1 Å². The number of ether oxygens (including phenoxy) is 1. The first-order chi connectivity index (χ1) is 7.56. The summed E-state index contributed by atoms with van der Waals surface area (Å²) in [5.74, 6) is 1.47. The van der Waals surface area contributed by atoms with Gasteiger partial charge in [0.25, 0.3) is 0 Å². The van der Waals surface area contributed by atoms with Crippen molar-refractivity contribution in [2.24, 2.45) is 13.0 Å². The van der Waals surface area contributed by atoms with Gasteiger partial charge in [0.1, 0.15) is 12.2 Å². The van der Waals surface area contributed by atoms with Crippen LogP contribution < -0.4 is 5.32 Å². The van der Waals surface area contributed by atoms with Gasteiger partial charge in [0, 0.05) is 20.2 Å². The number of aromatic nitrogens is 3. The summed E-state index contributed by atoms with van der Waals surface area (Å²) < 4.78 is 7.14. The third kappa shape index (κ3) is 3.28. The second-order valence-electron chi connectivity index (χ2n) is 4.49. The summed E-state index contributed by atoms with van der Waals surface area (Å²) in [5.41, 5.74) is 0. The highest BCUT2D eigenvalue weighted by atomic mass is 16.5. The molecule has 0 aliphatic carbocycles. The minimum absolute atomic E-state index is 0.176. The Bertz CT molecular complexity index is 311. The minimum atomic E-state index is 0.176. The van der Waals surface area contributed by atoms with E-state index in [1.807, 2.05) is 11.6 Å². The fourth-order valence-corrected chi connectivity index (χ4v) is 1.69. The van der Waals surface area contributed by atoms with E-state index >= 15 is 0 Å². The lowest BCUT2D eigenvalue weighted by atomic mass is 10.0. The number of nitrogens with zero attached hydrogens (tertiary/aromatic N) is 3. The van der Waals surface area contributed by atoms with Crippen molar-refractivity contribution in [3.8, 4) is 0 Å². The largest absolute Gasteiger partial charge is 0.383 e. The second kappa shape index (κ2) is 5.96. The normalized spacial score (nSPS) is 15.4. The summed E-state index contributed by atoms with van der Waals surface area (Å²) in [6.45, 7) is 7.16. The molecule has 0 aliphatic heterocycles. The molecule has 1 N–H and O–H groups in total. The summed E-state index contributed by atoms with van der Waals surface area (Å²) in [5, 5.41) is 11.5. The van der Waals surface area contributed by atoms with Gasteiger partial charge in [-0.15, -0.1) is 10.2 Å². The van der Waals surface area contributed by atoms with Crippen molar-refractivity contribution in [2.45, 2.75) is 32.9 Å². The van der Waals surface area contributed by atoms with Crippen LogP contribution in [0.4, 0.5) is 0 Å². The molecule has 2 unspecified atom stereocenters. The van der Waals surface area contributed by atoms with Crippen molar-refractivity contribution in [2.75, 3.05) is 13.7 Å². The lowest BCUT2D eigenvalue weighted by molar-refractivity contribution is 0.140. The summed E-state index contributed by atoms with van der Waals surface area (Å²) in [6, 6.07) is 0.506. The van der Waals surface area contributed by atoms with Crippen LogP contribution in [0.25, 0.3) is 0 Å². The van der Waals surface area contributed by atoms with E-state index in [1.165, 1.54) is 0 Å². The fourth-order valence-electron chi connectivity index (χ4n) is 1.69. The molecular weight excluding hydrogens is 204 g/mol. The molecule has 16 heavy (non-hydrogen) atoms. The van der Waals surface area contributed by atoms with Crippen LogP contribution in [0.2, 0.25) is 0 Å². The average Bonchev–Trinajstić information content (AvgIpc) is 2.63. The van der Waals surface area contributed by atoms with Gasteiger partial charge in [-0.25, -0.2) is 0 Å². The molecule has 5 heteroatoms. The van der Waals surface area contributed by atoms with E-state index in [0.29, 0.717) is 18.6 Å². The summed E-state index contributed by atoms with van der Waals surface area (Å²) in [6.07, 6.45) is 1.72. The van der Waals surface area contributed by atoms with Crippen LogP contribution in [0, 0.1) is 5.92 Å². The number of hydrogen-bond donors (Lipinski definition) is 1. The zero-order chi connectivity index (χ0) is 12.1. The predicted molar refractivity (Wildman–Crippen MR) is 63.1 cm³/mol. The lowest BCUT2D eigenvalue weighted by Crippen LogP contribution is -2.39. The SMILES string of the molecule is COCC(NC(C)c1nncn1C)C(C)C. The summed E-state index contributed by atoms with van der Waals surface area (Å²) >= 11 is 0. The van der Waals surface area contributed by atoms with E-state index in [0.717, 1.165) is 5.82 Å². The average molecular weight is 226 g/mol. The van der Waals surface area contributed by atoms with Crippen molar-refractivity contribution < 1.29 is 4.74 Å². The monoisotopic (exact) mass is 226 g/mol. The lowest BCUT2D eigenvalue weighted by Gasteiger charge is -2.25. The molecule has 92 valence electrons. The first-order valence-electron chi connectivity index (χ1n) is 5.65. The Morgan fingerprint density at radius 3 is 2.56 bits per heavy atom. The maximum absolute atomic E-state index is 5.21. The highest BCUT2D eigenvalue weighted by Crippen LogP contribution is 2.12. The van der Waals surface area contributed by atoms with Crippen LogP contribution in [-0.4, -0.2) is 34.5 Å². The molecule has 0 amide bonds. The molecule has 0 bridgehead atoms. The number of rotatable bonds is 6. The zero-order valence-electron chi connectivity index (χ0n) is 10.8. The van der Waals surface area contributed by atoms with E-state index in [4.69, 9.17) is 4.74 Å². The molecule has 2 atom stereocenters. The fraction of sp³-hybridized carbons (Fsp3) is 0.818. The Hall–Kier alpha value is -0.940. The highest BCUT2D eigenvalue weighted by Gasteiger charge is 2.19. The van der Waals surface area contributed by atoms with Crippen molar-refractivity contribution in [1.29, 1.82) is 0 Å². The van der Waals surface area contributed by atoms with Gasteiger partial charge in [0.2, 0.25) is 0 Å². The molecule has 5 nitrogen and oxygen atoms in total. The third-order valence-corrected chi connectivity index (χ3v) is 2.75. The van der Waals surface area contributed by atoms with Crippen molar-refractivity contribution in [3.63, 3.8) is 0 Å². The molecule has 0 fully saturated rings. The summed E-state index contributed by atoms with van der Waals surface area (Å²) in [7, 11) is 3.68. The Kier molecular flexibility index (Phi) is 4.89. The van der Waals surface area contributed by atoms with Gasteiger partial charge < -0.3 is 14.6 Å². The molecule has 0 spiro atoms. The van der Waals surface area contributed by atoms with Crippen LogP contribution >= 0.6 is 0 Å². The predicted octanol–water partition coefficient (Wildman–Crippen LogP) is 1.14. The Labute approximate surface area is 97.2 Å². The van der Waals surface area contributed by atoms with E-state index in [9.17, 15) is 0 Å². The molecule has 0 saturated heterocycles. The van der Waals surface area contributed by atoms with E-state index in [-0.39, 0.29) is 6.04 Å². The van der Waals surface area contributed by atoms with E-state index in [2.05, 4.69) is 36.3 Å². The van der Waals surface area contributed by atoms with E-state index < -0.39 is 0 Å². The van der Waals surface area contributed by atoms with Gasteiger partial charge in [-0.1, -0.05) is 13.8 Å². The Morgan fingerprint density at radius 1 is 1.44 bits per heavy atom. The Morgan fingerprint density at radius 2 is 2.12 bits per heavy atom. The molecule has 1 aromatic heterocycles. The molecule has 0 aliphatic rings. The van der Waals surface area contributed by atoms with Crippen molar-refractivity contribution in [3.05, 3.63) is 12.2 Å². The van der Waals surface area contributed by atoms with Crippen LogP contribution in [0.15, 0.2) is 6.33 Å². The van der Waals surface area contributed by atoms with Gasteiger partial charge in [-0.2, -0.15) is 0 Å². The third-order valence-electron chi connectivity index (χ3n) is 2.75. The first-order valence-corrected chi connectivity index (χ1v) is 5.65. The quantitative estimate of drug-likeness (QED) is 0.790. The van der Waals surface area contributed by atoms with Crippen LogP contribution in [0.1, 0.15) is 32.6 Å². The topological polar surface area (TPSA) is 52.0 Å². The molecule has 0 saturated carbocycles. The maximum atomic E-state index is 5.21. The molecule has 0 radical (unpaired) electrons. The Balaban J connectivity index is 2.61.